The number of aryl methyl sites for hydroxylation is 1. The Morgan fingerprint density at radius 1 is 1.14 bits per heavy atom. The van der Waals surface area contributed by atoms with E-state index in [2.05, 4.69) is 30.2 Å². The third-order valence-electron chi connectivity index (χ3n) is 4.31. The Kier molecular flexibility index (Phi) is 6.40. The van der Waals surface area contributed by atoms with Crippen LogP contribution in [0, 0.1) is 6.92 Å². The molecule has 29 heavy (non-hydrogen) atoms. The summed E-state index contributed by atoms with van der Waals surface area (Å²) in [5.41, 5.74) is 1.09. The number of carbonyl (C=O) groups excluding carboxylic acids is 1. The second-order valence-corrected chi connectivity index (χ2v) is 6.64. The van der Waals surface area contributed by atoms with E-state index in [1.54, 1.807) is 0 Å². The molecular formula is C19H22F3N5O2. The van der Waals surface area contributed by atoms with Crippen LogP contribution in [0.5, 0.6) is 5.75 Å². The quantitative estimate of drug-likeness (QED) is 0.684. The van der Waals surface area contributed by atoms with Gasteiger partial charge in [0.2, 0.25) is 5.95 Å². The van der Waals surface area contributed by atoms with Crippen LogP contribution in [0.3, 0.4) is 0 Å². The molecule has 156 valence electrons. The van der Waals surface area contributed by atoms with Crippen LogP contribution in [0.2, 0.25) is 0 Å². The maximum atomic E-state index is 12.2. The fourth-order valence-electron chi connectivity index (χ4n) is 3.00. The van der Waals surface area contributed by atoms with Crippen molar-refractivity contribution in [3.8, 4) is 5.75 Å². The maximum Gasteiger partial charge on any atom is 0.573 e. The van der Waals surface area contributed by atoms with Crippen molar-refractivity contribution in [2.45, 2.75) is 26.1 Å². The van der Waals surface area contributed by atoms with Gasteiger partial charge in [-0.05, 0) is 44.0 Å². The number of amides is 1. The molecule has 0 aliphatic carbocycles. The molecule has 10 heteroatoms. The lowest BCUT2D eigenvalue weighted by Crippen LogP contribution is -2.29. The molecule has 1 aliphatic rings. The van der Waals surface area contributed by atoms with Crippen LogP contribution >= 0.6 is 0 Å². The highest BCUT2D eigenvalue weighted by molar-refractivity contribution is 5.94. The van der Waals surface area contributed by atoms with Crippen LogP contribution in [0.4, 0.5) is 24.9 Å². The second-order valence-electron chi connectivity index (χ2n) is 6.64. The average molecular weight is 409 g/mol. The summed E-state index contributed by atoms with van der Waals surface area (Å²) in [6.45, 7) is 4.58. The van der Waals surface area contributed by atoms with Crippen LogP contribution in [0.1, 0.15) is 28.9 Å². The number of nitrogens with zero attached hydrogens (tertiary/aromatic N) is 3. The summed E-state index contributed by atoms with van der Waals surface area (Å²) < 4.78 is 40.3. The van der Waals surface area contributed by atoms with E-state index in [0.29, 0.717) is 19.0 Å². The number of aromatic nitrogens is 2. The van der Waals surface area contributed by atoms with E-state index in [1.165, 1.54) is 12.1 Å². The first-order valence-electron chi connectivity index (χ1n) is 9.29. The molecule has 7 nitrogen and oxygen atoms in total. The monoisotopic (exact) mass is 409 g/mol. The first-order valence-corrected chi connectivity index (χ1v) is 9.29. The molecule has 0 spiro atoms. The Morgan fingerprint density at radius 2 is 1.83 bits per heavy atom. The zero-order valence-corrected chi connectivity index (χ0v) is 15.9. The zero-order chi connectivity index (χ0) is 20.9. The molecule has 0 radical (unpaired) electrons. The molecule has 1 aromatic heterocycles. The highest BCUT2D eigenvalue weighted by atomic mass is 19.4. The van der Waals surface area contributed by atoms with Crippen molar-refractivity contribution >= 4 is 17.7 Å². The van der Waals surface area contributed by atoms with E-state index < -0.39 is 12.3 Å². The third kappa shape index (κ3) is 6.23. The summed E-state index contributed by atoms with van der Waals surface area (Å²) in [6.07, 6.45) is -2.45. The number of ether oxygens (including phenoxy) is 1. The Bertz CT molecular complexity index is 837. The van der Waals surface area contributed by atoms with Crippen molar-refractivity contribution in [2.75, 3.05) is 36.4 Å². The molecule has 0 atom stereocenters. The molecule has 0 saturated carbocycles. The van der Waals surface area contributed by atoms with Crippen LogP contribution in [-0.2, 0) is 0 Å². The van der Waals surface area contributed by atoms with E-state index in [0.717, 1.165) is 49.6 Å². The maximum absolute atomic E-state index is 12.2. The van der Waals surface area contributed by atoms with Gasteiger partial charge < -0.3 is 20.3 Å². The third-order valence-corrected chi connectivity index (χ3v) is 4.31. The molecule has 2 aromatic rings. The lowest BCUT2D eigenvalue weighted by molar-refractivity contribution is -0.274. The Morgan fingerprint density at radius 3 is 2.48 bits per heavy atom. The molecule has 3 rings (SSSR count). The molecule has 1 aliphatic heterocycles. The van der Waals surface area contributed by atoms with E-state index >= 15 is 0 Å². The van der Waals surface area contributed by atoms with E-state index in [4.69, 9.17) is 0 Å². The number of hydrogen-bond donors (Lipinski definition) is 2. The first-order chi connectivity index (χ1) is 13.8. The molecule has 1 amide bonds. The van der Waals surface area contributed by atoms with Crippen LogP contribution in [-0.4, -0.2) is 48.4 Å². The number of rotatable bonds is 7. The van der Waals surface area contributed by atoms with Gasteiger partial charge in [0.1, 0.15) is 11.6 Å². The zero-order valence-electron chi connectivity index (χ0n) is 15.9. The lowest BCUT2D eigenvalue weighted by atomic mass is 10.2. The van der Waals surface area contributed by atoms with Crippen molar-refractivity contribution in [1.29, 1.82) is 0 Å². The number of halogens is 3. The molecule has 1 saturated heterocycles. The van der Waals surface area contributed by atoms with Crippen LogP contribution in [0.25, 0.3) is 0 Å². The minimum Gasteiger partial charge on any atom is -0.406 e. The van der Waals surface area contributed by atoms with Gasteiger partial charge in [0.15, 0.2) is 0 Å². The second kappa shape index (κ2) is 8.97. The summed E-state index contributed by atoms with van der Waals surface area (Å²) in [6, 6.07) is 6.69. The van der Waals surface area contributed by atoms with Crippen LogP contribution < -0.4 is 20.3 Å². The fourth-order valence-corrected chi connectivity index (χ4v) is 3.00. The average Bonchev–Trinajstić information content (AvgIpc) is 3.19. The van der Waals surface area contributed by atoms with Crippen molar-refractivity contribution in [3.05, 3.63) is 41.6 Å². The number of benzene rings is 1. The molecule has 1 fully saturated rings. The largest absolute Gasteiger partial charge is 0.573 e. The smallest absolute Gasteiger partial charge is 0.406 e. The molecule has 1 aromatic carbocycles. The number of alkyl halides is 3. The lowest BCUT2D eigenvalue weighted by Gasteiger charge is -2.17. The molecular weight excluding hydrogens is 387 g/mol. The Labute approximate surface area is 166 Å². The summed E-state index contributed by atoms with van der Waals surface area (Å²) in [4.78, 5) is 23.2. The fraction of sp³-hybridized carbons (Fsp3) is 0.421. The molecule has 2 heterocycles. The summed E-state index contributed by atoms with van der Waals surface area (Å²) >= 11 is 0. The van der Waals surface area contributed by atoms with Gasteiger partial charge in [0.05, 0.1) is 0 Å². The van der Waals surface area contributed by atoms with Gasteiger partial charge in [-0.1, -0.05) is 0 Å². The van der Waals surface area contributed by atoms with Gasteiger partial charge in [0, 0.05) is 43.5 Å². The van der Waals surface area contributed by atoms with Gasteiger partial charge in [-0.3, -0.25) is 4.79 Å². The van der Waals surface area contributed by atoms with Gasteiger partial charge in [-0.15, -0.1) is 13.2 Å². The highest BCUT2D eigenvalue weighted by Crippen LogP contribution is 2.23. The van der Waals surface area contributed by atoms with E-state index in [1.807, 2.05) is 13.0 Å². The predicted octanol–water partition coefficient (Wildman–Crippen LogP) is 3.13. The number of anilines is 2. The standard InChI is InChI=1S/C19H22F3N5O2/c1-13-12-16(27-10-2-3-11-27)26-18(25-13)24-9-8-23-17(28)14-4-6-15(7-5-14)29-19(20,21)22/h4-7,12H,2-3,8-11H2,1H3,(H,23,28)(H,24,25,26). The van der Waals surface area contributed by atoms with Gasteiger partial charge >= 0.3 is 6.36 Å². The Hall–Kier alpha value is -3.04. The Balaban J connectivity index is 1.47. The molecule has 0 unspecified atom stereocenters. The first kappa shape index (κ1) is 20.7. The molecule has 0 bridgehead atoms. The predicted molar refractivity (Wildman–Crippen MR) is 102 cm³/mol. The van der Waals surface area contributed by atoms with Gasteiger partial charge in [0.25, 0.3) is 5.91 Å². The van der Waals surface area contributed by atoms with Gasteiger partial charge in [-0.2, -0.15) is 4.98 Å². The van der Waals surface area contributed by atoms with Crippen molar-refractivity contribution < 1.29 is 22.7 Å². The van der Waals surface area contributed by atoms with Crippen molar-refractivity contribution in [1.82, 2.24) is 15.3 Å². The number of carbonyl (C=O) groups is 1. The van der Waals surface area contributed by atoms with Gasteiger partial charge in [-0.25, -0.2) is 4.98 Å². The van der Waals surface area contributed by atoms with E-state index in [9.17, 15) is 18.0 Å². The summed E-state index contributed by atoms with van der Waals surface area (Å²) in [5, 5.41) is 5.77. The minimum atomic E-state index is -4.76. The van der Waals surface area contributed by atoms with Crippen molar-refractivity contribution in [2.24, 2.45) is 0 Å². The topological polar surface area (TPSA) is 79.4 Å². The summed E-state index contributed by atoms with van der Waals surface area (Å²) in [5.74, 6) is 0.617. The number of nitrogens with one attached hydrogen (secondary N) is 2. The van der Waals surface area contributed by atoms with Crippen LogP contribution in [0.15, 0.2) is 30.3 Å². The number of hydrogen-bond acceptors (Lipinski definition) is 6. The summed E-state index contributed by atoms with van der Waals surface area (Å²) in [7, 11) is 0. The minimum absolute atomic E-state index is 0.239. The molecule has 2 N–H and O–H groups in total. The normalized spacial score (nSPS) is 14.0. The highest BCUT2D eigenvalue weighted by Gasteiger charge is 2.31. The van der Waals surface area contributed by atoms with Crippen molar-refractivity contribution in [3.63, 3.8) is 0 Å². The van der Waals surface area contributed by atoms with E-state index in [-0.39, 0.29) is 11.3 Å². The SMILES string of the molecule is Cc1cc(N2CCCC2)nc(NCCNC(=O)c2ccc(OC(F)(F)F)cc2)n1.